The molecule has 1 saturated heterocycles. The number of aromatic nitrogens is 1. The summed E-state index contributed by atoms with van der Waals surface area (Å²) in [7, 11) is 3.51. The van der Waals surface area contributed by atoms with Crippen LogP contribution >= 0.6 is 0 Å². The summed E-state index contributed by atoms with van der Waals surface area (Å²) in [4.78, 5) is 31.8. The van der Waals surface area contributed by atoms with Crippen molar-refractivity contribution in [1.29, 1.82) is 5.26 Å². The SMILES string of the molecule is Cc1cc[n+](O)c(C)c1C(=O)NCCC(C)N1CCC(N(Cc2cccc(C#N)c2)c2ccc(C(=O)N(C)C)cc2)CC1. The Balaban J connectivity index is 1.39. The number of rotatable bonds is 10. The van der Waals surface area contributed by atoms with Crippen LogP contribution < -0.4 is 14.9 Å². The van der Waals surface area contributed by atoms with E-state index in [1.807, 2.05) is 49.4 Å². The van der Waals surface area contributed by atoms with Crippen molar-refractivity contribution >= 4 is 17.5 Å². The van der Waals surface area contributed by atoms with Gasteiger partial charge in [0, 0.05) is 81.3 Å². The zero-order valence-corrected chi connectivity index (χ0v) is 25.9. The Hall–Kier alpha value is -4.42. The maximum atomic E-state index is 12.8. The standard InChI is InChI=1S/C34H42N6O3/c1-24-14-20-40(43)26(3)32(24)33(41)36-17-13-25(2)38-18-15-31(16-19-38)39(23-28-8-6-7-27(21-28)22-35)30-11-9-29(10-12-30)34(42)37(4)5/h6-12,14,20-21,25,31H,13,15-19,23H2,1-5H3,(H-,36,41,43)/p+1. The second kappa shape index (κ2) is 14.2. The molecule has 1 fully saturated rings. The molecule has 0 saturated carbocycles. The van der Waals surface area contributed by atoms with Gasteiger partial charge in [-0.1, -0.05) is 12.1 Å². The van der Waals surface area contributed by atoms with Gasteiger partial charge in [-0.2, -0.15) is 5.26 Å². The molecule has 2 amide bonds. The summed E-state index contributed by atoms with van der Waals surface area (Å²) in [6.45, 7) is 8.91. The predicted octanol–water partition coefficient (Wildman–Crippen LogP) is 4.08. The van der Waals surface area contributed by atoms with E-state index in [1.165, 1.54) is 0 Å². The number of nitrogens with zero attached hydrogens (tertiary/aromatic N) is 5. The Kier molecular flexibility index (Phi) is 10.4. The summed E-state index contributed by atoms with van der Waals surface area (Å²) in [6.07, 6.45) is 4.32. The molecule has 2 heterocycles. The Morgan fingerprint density at radius 2 is 1.81 bits per heavy atom. The molecule has 0 radical (unpaired) electrons. The van der Waals surface area contributed by atoms with Crippen LogP contribution in [0.5, 0.6) is 0 Å². The number of piperidine rings is 1. The number of anilines is 1. The van der Waals surface area contributed by atoms with Crippen LogP contribution in [0.2, 0.25) is 0 Å². The molecule has 2 N–H and O–H groups in total. The van der Waals surface area contributed by atoms with E-state index in [0.29, 0.717) is 47.6 Å². The molecule has 0 aliphatic carbocycles. The molecule has 226 valence electrons. The number of amides is 2. The molecule has 9 nitrogen and oxygen atoms in total. The maximum Gasteiger partial charge on any atom is 0.258 e. The quantitative estimate of drug-likeness (QED) is 0.275. The summed E-state index contributed by atoms with van der Waals surface area (Å²) >= 11 is 0. The summed E-state index contributed by atoms with van der Waals surface area (Å²) in [5, 5.41) is 22.4. The molecule has 3 aromatic rings. The van der Waals surface area contributed by atoms with Gasteiger partial charge < -0.3 is 20.0 Å². The number of likely N-dealkylation sites (tertiary alicyclic amines) is 1. The topological polar surface area (TPSA) is 104 Å². The van der Waals surface area contributed by atoms with Crippen molar-refractivity contribution in [3.8, 4) is 6.07 Å². The second-order valence-corrected chi connectivity index (χ2v) is 11.7. The molecule has 0 spiro atoms. The molecule has 4 rings (SSSR count). The normalized spacial score (nSPS) is 14.5. The van der Waals surface area contributed by atoms with Gasteiger partial charge in [0.15, 0.2) is 0 Å². The molecule has 9 heteroatoms. The minimum absolute atomic E-state index is 0.0237. The van der Waals surface area contributed by atoms with E-state index in [9.17, 15) is 20.1 Å². The largest absolute Gasteiger partial charge is 0.364 e. The fraction of sp³-hybridized carbons (Fsp3) is 0.412. The molecule has 43 heavy (non-hydrogen) atoms. The Labute approximate surface area is 254 Å². The van der Waals surface area contributed by atoms with Gasteiger partial charge in [-0.3, -0.25) is 14.8 Å². The first-order valence-electron chi connectivity index (χ1n) is 14.9. The first kappa shape index (κ1) is 31.5. The number of benzene rings is 2. The van der Waals surface area contributed by atoms with Gasteiger partial charge in [-0.05, 0) is 80.6 Å². The van der Waals surface area contributed by atoms with E-state index >= 15 is 0 Å². The van der Waals surface area contributed by atoms with E-state index < -0.39 is 0 Å². The highest BCUT2D eigenvalue weighted by Crippen LogP contribution is 2.28. The van der Waals surface area contributed by atoms with E-state index in [1.54, 1.807) is 38.2 Å². The number of carbonyl (C=O) groups is 2. The summed E-state index contributed by atoms with van der Waals surface area (Å²) in [6, 6.07) is 20.2. The molecular formula is C34H43N6O3+. The Morgan fingerprint density at radius 3 is 2.47 bits per heavy atom. The molecule has 1 aliphatic rings. The van der Waals surface area contributed by atoms with E-state index in [-0.39, 0.29) is 11.8 Å². The molecule has 2 aromatic carbocycles. The molecule has 1 atom stereocenters. The molecule has 1 aliphatic heterocycles. The summed E-state index contributed by atoms with van der Waals surface area (Å²) in [5.41, 5.74) is 5.31. The lowest BCUT2D eigenvalue weighted by Crippen LogP contribution is -2.48. The third-order valence-corrected chi connectivity index (χ3v) is 8.46. The second-order valence-electron chi connectivity index (χ2n) is 11.7. The van der Waals surface area contributed by atoms with Crippen molar-refractivity contribution in [2.24, 2.45) is 0 Å². The van der Waals surface area contributed by atoms with Crippen LogP contribution in [0.15, 0.2) is 60.8 Å². The van der Waals surface area contributed by atoms with Crippen LogP contribution in [0.25, 0.3) is 0 Å². The minimum Gasteiger partial charge on any atom is -0.364 e. The number of nitrogens with one attached hydrogen (secondary N) is 1. The predicted molar refractivity (Wildman–Crippen MR) is 166 cm³/mol. The number of nitriles is 1. The van der Waals surface area contributed by atoms with Gasteiger partial charge in [0.1, 0.15) is 5.56 Å². The van der Waals surface area contributed by atoms with E-state index in [2.05, 4.69) is 34.2 Å². The highest BCUT2D eigenvalue weighted by Gasteiger charge is 2.28. The zero-order valence-electron chi connectivity index (χ0n) is 25.9. The number of carbonyl (C=O) groups excluding carboxylic acids is 2. The molecule has 1 unspecified atom stereocenters. The van der Waals surface area contributed by atoms with E-state index in [0.717, 1.165) is 53.9 Å². The average Bonchev–Trinajstić information content (AvgIpc) is 3.01. The smallest absolute Gasteiger partial charge is 0.258 e. The molecule has 0 bridgehead atoms. The summed E-state index contributed by atoms with van der Waals surface area (Å²) in [5.74, 6) is -0.192. The van der Waals surface area contributed by atoms with Crippen LogP contribution in [-0.2, 0) is 6.54 Å². The highest BCUT2D eigenvalue weighted by atomic mass is 16.5. The highest BCUT2D eigenvalue weighted by molar-refractivity contribution is 5.96. The monoisotopic (exact) mass is 583 g/mol. The van der Waals surface area contributed by atoms with Crippen molar-refractivity contribution in [3.05, 3.63) is 94.3 Å². The van der Waals surface area contributed by atoms with Crippen LogP contribution in [-0.4, -0.2) is 72.6 Å². The van der Waals surface area contributed by atoms with Crippen LogP contribution in [0, 0.1) is 25.2 Å². The lowest BCUT2D eigenvalue weighted by molar-refractivity contribution is -0.908. The van der Waals surface area contributed by atoms with Crippen LogP contribution in [0.4, 0.5) is 5.69 Å². The third kappa shape index (κ3) is 7.70. The van der Waals surface area contributed by atoms with Gasteiger partial charge in [0.05, 0.1) is 11.6 Å². The van der Waals surface area contributed by atoms with Gasteiger partial charge in [-0.15, -0.1) is 0 Å². The number of hydrogen-bond donors (Lipinski definition) is 2. The van der Waals surface area contributed by atoms with Crippen molar-refractivity contribution in [3.63, 3.8) is 0 Å². The van der Waals surface area contributed by atoms with Gasteiger partial charge in [-0.25, -0.2) is 0 Å². The van der Waals surface area contributed by atoms with Crippen LogP contribution in [0.3, 0.4) is 0 Å². The Morgan fingerprint density at radius 1 is 1.12 bits per heavy atom. The van der Waals surface area contributed by atoms with E-state index in [4.69, 9.17) is 0 Å². The fourth-order valence-electron chi connectivity index (χ4n) is 5.85. The minimum atomic E-state index is -0.168. The van der Waals surface area contributed by atoms with Gasteiger partial charge in [0.25, 0.3) is 11.8 Å². The lowest BCUT2D eigenvalue weighted by Gasteiger charge is -2.42. The van der Waals surface area contributed by atoms with Gasteiger partial charge >= 0.3 is 0 Å². The van der Waals surface area contributed by atoms with Crippen molar-refractivity contribution in [1.82, 2.24) is 15.1 Å². The number of hydrogen-bond acceptors (Lipinski definition) is 6. The van der Waals surface area contributed by atoms with Crippen molar-refractivity contribution < 1.29 is 19.5 Å². The first-order chi connectivity index (χ1) is 20.6. The van der Waals surface area contributed by atoms with Crippen LogP contribution in [0.1, 0.15) is 69.3 Å². The zero-order chi connectivity index (χ0) is 31.1. The summed E-state index contributed by atoms with van der Waals surface area (Å²) < 4.78 is 0.982. The Bertz CT molecular complexity index is 1470. The fourth-order valence-corrected chi connectivity index (χ4v) is 5.85. The van der Waals surface area contributed by atoms with Crippen molar-refractivity contribution in [2.45, 2.75) is 58.7 Å². The number of pyridine rings is 1. The van der Waals surface area contributed by atoms with Gasteiger partial charge in [0.2, 0.25) is 11.9 Å². The maximum absolute atomic E-state index is 12.8. The first-order valence-corrected chi connectivity index (χ1v) is 14.9. The average molecular weight is 584 g/mol. The van der Waals surface area contributed by atoms with Crippen molar-refractivity contribution in [2.75, 3.05) is 38.6 Å². The third-order valence-electron chi connectivity index (χ3n) is 8.46. The molecule has 1 aromatic heterocycles. The lowest BCUT2D eigenvalue weighted by atomic mass is 9.98. The molecular weight excluding hydrogens is 540 g/mol. The number of aryl methyl sites for hydroxylation is 1.